The van der Waals surface area contributed by atoms with E-state index in [4.69, 9.17) is 9.47 Å². The van der Waals surface area contributed by atoms with Crippen LogP contribution < -0.4 is 19.5 Å². The van der Waals surface area contributed by atoms with E-state index in [1.807, 2.05) is 12.1 Å². The van der Waals surface area contributed by atoms with Gasteiger partial charge in [0.15, 0.2) is 6.29 Å². The fourth-order valence-electron chi connectivity index (χ4n) is 3.77. The first-order valence-electron chi connectivity index (χ1n) is 10.0. The number of carbonyl (C=O) groups is 1. The molecule has 0 radical (unpaired) electrons. The molecule has 7 nitrogen and oxygen atoms in total. The molecule has 0 unspecified atom stereocenters. The average molecular weight is 431 g/mol. The van der Waals surface area contributed by atoms with Crippen LogP contribution in [0.25, 0.3) is 16.9 Å². The van der Waals surface area contributed by atoms with E-state index in [1.165, 1.54) is 13.2 Å². The number of pyridine rings is 1. The molecule has 1 aliphatic heterocycles. The molecule has 1 atom stereocenters. The number of methoxy groups -OCH3 is 1. The SMILES string of the molecule is COc1cc(-c2cnc3cc(OC[C@@H]4CCCNC4)ccn23)cc(OC(F)F)c1C=O. The number of nitrogens with one attached hydrogen (secondary N) is 1. The zero-order valence-electron chi connectivity index (χ0n) is 17.0. The number of hydrogen-bond acceptors (Lipinski definition) is 6. The van der Waals surface area contributed by atoms with Crippen molar-refractivity contribution in [3.63, 3.8) is 0 Å². The minimum absolute atomic E-state index is 0.0757. The fourth-order valence-corrected chi connectivity index (χ4v) is 3.77. The fraction of sp³-hybridized carbons (Fsp3) is 0.364. The summed E-state index contributed by atoms with van der Waals surface area (Å²) in [6.45, 7) is -0.422. The van der Waals surface area contributed by atoms with Gasteiger partial charge >= 0.3 is 6.61 Å². The number of piperidine rings is 1. The van der Waals surface area contributed by atoms with Gasteiger partial charge in [-0.25, -0.2) is 4.98 Å². The Hall–Kier alpha value is -3.20. The lowest BCUT2D eigenvalue weighted by atomic mass is 10.0. The maximum Gasteiger partial charge on any atom is 0.387 e. The molecule has 0 bridgehead atoms. The van der Waals surface area contributed by atoms with Crippen molar-refractivity contribution in [1.82, 2.24) is 14.7 Å². The summed E-state index contributed by atoms with van der Waals surface area (Å²) < 4.78 is 43.2. The number of fused-ring (bicyclic) bond motifs is 1. The first-order chi connectivity index (χ1) is 15.1. The van der Waals surface area contributed by atoms with Gasteiger partial charge < -0.3 is 19.5 Å². The van der Waals surface area contributed by atoms with Crippen LogP contribution in [0.2, 0.25) is 0 Å². The van der Waals surface area contributed by atoms with E-state index >= 15 is 0 Å². The van der Waals surface area contributed by atoms with Crippen molar-refractivity contribution in [2.75, 3.05) is 26.8 Å². The zero-order chi connectivity index (χ0) is 21.8. The molecule has 0 spiro atoms. The van der Waals surface area contributed by atoms with Crippen molar-refractivity contribution in [1.29, 1.82) is 0 Å². The molecule has 3 heterocycles. The second-order valence-electron chi connectivity index (χ2n) is 7.34. The van der Waals surface area contributed by atoms with Gasteiger partial charge in [0.2, 0.25) is 0 Å². The lowest BCUT2D eigenvalue weighted by molar-refractivity contribution is -0.0501. The summed E-state index contributed by atoms with van der Waals surface area (Å²) in [5.41, 5.74) is 1.72. The van der Waals surface area contributed by atoms with Crippen LogP contribution in [0.3, 0.4) is 0 Å². The van der Waals surface area contributed by atoms with Crippen molar-refractivity contribution in [3.8, 4) is 28.5 Å². The van der Waals surface area contributed by atoms with E-state index in [1.54, 1.807) is 22.9 Å². The summed E-state index contributed by atoms with van der Waals surface area (Å²) in [5, 5.41) is 3.37. The normalized spacial score (nSPS) is 16.5. The van der Waals surface area contributed by atoms with Gasteiger partial charge in [0.1, 0.15) is 22.9 Å². The molecular weight excluding hydrogens is 408 g/mol. The molecule has 0 saturated carbocycles. The highest BCUT2D eigenvalue weighted by Gasteiger charge is 2.19. The lowest BCUT2D eigenvalue weighted by Crippen LogP contribution is -2.33. The quantitative estimate of drug-likeness (QED) is 0.547. The van der Waals surface area contributed by atoms with E-state index in [9.17, 15) is 13.6 Å². The Morgan fingerprint density at radius 3 is 2.87 bits per heavy atom. The number of hydrogen-bond donors (Lipinski definition) is 1. The molecule has 1 fully saturated rings. The molecule has 1 saturated heterocycles. The van der Waals surface area contributed by atoms with Gasteiger partial charge in [-0.3, -0.25) is 9.20 Å². The number of halogens is 2. The average Bonchev–Trinajstić information content (AvgIpc) is 3.20. The van der Waals surface area contributed by atoms with Crippen molar-refractivity contribution >= 4 is 11.9 Å². The first-order valence-corrected chi connectivity index (χ1v) is 10.0. The number of rotatable bonds is 8. The predicted molar refractivity (Wildman–Crippen MR) is 110 cm³/mol. The molecule has 0 amide bonds. The highest BCUT2D eigenvalue weighted by Crippen LogP contribution is 2.35. The molecule has 0 aliphatic carbocycles. The van der Waals surface area contributed by atoms with E-state index in [0.717, 1.165) is 25.9 Å². The third kappa shape index (κ3) is 4.61. The van der Waals surface area contributed by atoms with Crippen LogP contribution in [-0.2, 0) is 0 Å². The predicted octanol–water partition coefficient (Wildman–Crippen LogP) is 3.80. The van der Waals surface area contributed by atoms with Crippen LogP contribution in [0.4, 0.5) is 8.78 Å². The Morgan fingerprint density at radius 1 is 1.32 bits per heavy atom. The molecule has 4 rings (SSSR count). The molecule has 3 aromatic rings. The maximum atomic E-state index is 12.8. The Balaban J connectivity index is 1.62. The number of benzene rings is 1. The number of aromatic nitrogens is 2. The van der Waals surface area contributed by atoms with Crippen LogP contribution in [0.15, 0.2) is 36.7 Å². The maximum absolute atomic E-state index is 12.8. The molecule has 9 heteroatoms. The number of alkyl halides is 2. The monoisotopic (exact) mass is 431 g/mol. The highest BCUT2D eigenvalue weighted by atomic mass is 19.3. The van der Waals surface area contributed by atoms with Gasteiger partial charge in [0.05, 0.1) is 31.2 Å². The number of carbonyl (C=O) groups excluding carboxylic acids is 1. The first kappa shape index (κ1) is 21.0. The van der Waals surface area contributed by atoms with Crippen molar-refractivity contribution in [2.45, 2.75) is 19.5 Å². The summed E-state index contributed by atoms with van der Waals surface area (Å²) in [7, 11) is 1.36. The number of ether oxygens (including phenoxy) is 3. The number of nitrogens with zero attached hydrogens (tertiary/aromatic N) is 2. The van der Waals surface area contributed by atoms with Crippen LogP contribution >= 0.6 is 0 Å². The summed E-state index contributed by atoms with van der Waals surface area (Å²) >= 11 is 0. The van der Waals surface area contributed by atoms with Gasteiger partial charge in [-0.05, 0) is 37.6 Å². The Morgan fingerprint density at radius 2 is 2.16 bits per heavy atom. The largest absolute Gasteiger partial charge is 0.496 e. The van der Waals surface area contributed by atoms with Gasteiger partial charge in [-0.2, -0.15) is 8.78 Å². The van der Waals surface area contributed by atoms with Gasteiger partial charge in [-0.15, -0.1) is 0 Å². The molecule has 1 N–H and O–H groups in total. The molecular formula is C22H23F2N3O4. The highest BCUT2D eigenvalue weighted by molar-refractivity contribution is 5.86. The van der Waals surface area contributed by atoms with Gasteiger partial charge in [0, 0.05) is 30.3 Å². The van der Waals surface area contributed by atoms with Crippen LogP contribution in [-0.4, -0.2) is 49.1 Å². The number of aldehydes is 1. The molecule has 31 heavy (non-hydrogen) atoms. The van der Waals surface area contributed by atoms with E-state index < -0.39 is 6.61 Å². The van der Waals surface area contributed by atoms with E-state index in [2.05, 4.69) is 15.0 Å². The Bertz CT molecular complexity index is 1060. The van der Waals surface area contributed by atoms with Crippen LogP contribution in [0, 0.1) is 5.92 Å². The van der Waals surface area contributed by atoms with Gasteiger partial charge in [-0.1, -0.05) is 0 Å². The zero-order valence-corrected chi connectivity index (χ0v) is 17.0. The van der Waals surface area contributed by atoms with Gasteiger partial charge in [0.25, 0.3) is 0 Å². The van der Waals surface area contributed by atoms with E-state index in [0.29, 0.717) is 41.5 Å². The Labute approximate surface area is 177 Å². The second-order valence-corrected chi connectivity index (χ2v) is 7.34. The third-order valence-corrected chi connectivity index (χ3v) is 5.32. The number of imidazole rings is 1. The minimum atomic E-state index is -3.07. The summed E-state index contributed by atoms with van der Waals surface area (Å²) in [4.78, 5) is 15.8. The van der Waals surface area contributed by atoms with Crippen molar-refractivity contribution in [2.24, 2.45) is 5.92 Å². The smallest absolute Gasteiger partial charge is 0.387 e. The van der Waals surface area contributed by atoms with E-state index in [-0.39, 0.29) is 17.1 Å². The van der Waals surface area contributed by atoms with Crippen LogP contribution in [0.5, 0.6) is 17.2 Å². The second kappa shape index (κ2) is 9.30. The molecule has 2 aromatic heterocycles. The topological polar surface area (TPSA) is 74.1 Å². The third-order valence-electron chi connectivity index (χ3n) is 5.32. The molecule has 164 valence electrons. The van der Waals surface area contributed by atoms with Crippen LogP contribution in [0.1, 0.15) is 23.2 Å². The standard InChI is InChI=1S/C22H23F2N3O4/c1-29-19-7-15(8-20(17(19)12-28)31-22(23)24)18-11-26-21-9-16(4-6-27(18)21)30-13-14-3-2-5-25-10-14/h4,6-9,11-12,14,22,25H,2-3,5,10,13H2,1H3/t14-/m1/s1. The summed E-state index contributed by atoms with van der Waals surface area (Å²) in [6.07, 6.45) is 6.15. The lowest BCUT2D eigenvalue weighted by Gasteiger charge is -2.22. The minimum Gasteiger partial charge on any atom is -0.496 e. The van der Waals surface area contributed by atoms with Crippen molar-refractivity contribution < 1.29 is 27.8 Å². The summed E-state index contributed by atoms with van der Waals surface area (Å²) in [5.74, 6) is 1.08. The molecule has 1 aromatic carbocycles. The Kier molecular flexibility index (Phi) is 6.31. The summed E-state index contributed by atoms with van der Waals surface area (Å²) in [6, 6.07) is 6.63. The molecule has 1 aliphatic rings. The van der Waals surface area contributed by atoms with Crippen molar-refractivity contribution in [3.05, 3.63) is 42.2 Å².